The van der Waals surface area contributed by atoms with Gasteiger partial charge in [-0.05, 0) is 17.4 Å². The van der Waals surface area contributed by atoms with Crippen LogP contribution in [0.3, 0.4) is 0 Å². The Morgan fingerprint density at radius 3 is 2.73 bits per heavy atom. The van der Waals surface area contributed by atoms with Gasteiger partial charge in [-0.15, -0.1) is 0 Å². The molecule has 0 aliphatic carbocycles. The summed E-state index contributed by atoms with van der Waals surface area (Å²) in [6.45, 7) is 3.55. The first-order valence-electron chi connectivity index (χ1n) is 4.01. The van der Waals surface area contributed by atoms with Crippen LogP contribution in [-0.4, -0.2) is 11.9 Å². The van der Waals surface area contributed by atoms with E-state index in [9.17, 15) is 5.02 Å². The van der Waals surface area contributed by atoms with Gasteiger partial charge in [0.1, 0.15) is 0 Å². The molecule has 0 unspecified atom stereocenters. The van der Waals surface area contributed by atoms with Crippen molar-refractivity contribution in [3.8, 4) is 0 Å². The standard InChI is InChI=1S/C9H13BO/c1-3-8-5-4-6-9(7-8)10(2)11/h4-7,11H,3H2,1-2H3. The first-order valence-corrected chi connectivity index (χ1v) is 4.01. The van der Waals surface area contributed by atoms with Crippen LogP contribution in [0.1, 0.15) is 12.5 Å². The number of aryl methyl sites for hydroxylation is 1. The molecule has 58 valence electrons. The zero-order valence-corrected chi connectivity index (χ0v) is 7.04. The Morgan fingerprint density at radius 1 is 1.45 bits per heavy atom. The van der Waals surface area contributed by atoms with Crippen molar-refractivity contribution < 1.29 is 5.02 Å². The van der Waals surface area contributed by atoms with Crippen molar-refractivity contribution in [3.05, 3.63) is 29.8 Å². The summed E-state index contributed by atoms with van der Waals surface area (Å²) < 4.78 is 0. The molecule has 2 heteroatoms. The number of hydrogen-bond donors (Lipinski definition) is 1. The molecule has 0 fully saturated rings. The van der Waals surface area contributed by atoms with Gasteiger partial charge in [-0.1, -0.05) is 38.0 Å². The maximum atomic E-state index is 9.24. The Labute approximate surface area is 68.2 Å². The molecule has 1 N–H and O–H groups in total. The van der Waals surface area contributed by atoms with Crippen LogP contribution in [0, 0.1) is 0 Å². The van der Waals surface area contributed by atoms with E-state index < -0.39 is 0 Å². The lowest BCUT2D eigenvalue weighted by molar-refractivity contribution is 0.594. The van der Waals surface area contributed by atoms with E-state index in [4.69, 9.17) is 0 Å². The molecule has 0 aromatic heterocycles. The average molecular weight is 148 g/mol. The van der Waals surface area contributed by atoms with Crippen LogP contribution < -0.4 is 5.46 Å². The van der Waals surface area contributed by atoms with Crippen molar-refractivity contribution in [2.75, 3.05) is 0 Å². The second-order valence-electron chi connectivity index (χ2n) is 2.77. The second-order valence-corrected chi connectivity index (χ2v) is 2.77. The summed E-state index contributed by atoms with van der Waals surface area (Å²) >= 11 is 0. The summed E-state index contributed by atoms with van der Waals surface area (Å²) in [5, 5.41) is 9.24. The maximum absolute atomic E-state index is 9.24. The highest BCUT2D eigenvalue weighted by Gasteiger charge is 2.05. The Bertz CT molecular complexity index is 233. The second kappa shape index (κ2) is 3.58. The van der Waals surface area contributed by atoms with E-state index >= 15 is 0 Å². The van der Waals surface area contributed by atoms with Crippen LogP contribution in [0.4, 0.5) is 0 Å². The summed E-state index contributed by atoms with van der Waals surface area (Å²) in [6.07, 6.45) is 1.03. The molecule has 0 heterocycles. The Morgan fingerprint density at radius 2 is 2.18 bits per heavy atom. The van der Waals surface area contributed by atoms with Crippen LogP contribution in [0.15, 0.2) is 24.3 Å². The zero-order chi connectivity index (χ0) is 8.27. The third-order valence-electron chi connectivity index (χ3n) is 1.84. The third kappa shape index (κ3) is 2.09. The van der Waals surface area contributed by atoms with Gasteiger partial charge in [-0.2, -0.15) is 0 Å². The number of hydrogen-bond acceptors (Lipinski definition) is 1. The minimum atomic E-state index is -0.346. The maximum Gasteiger partial charge on any atom is 0.320 e. The molecular weight excluding hydrogens is 135 g/mol. The zero-order valence-electron chi connectivity index (χ0n) is 7.04. The van der Waals surface area contributed by atoms with Gasteiger partial charge in [-0.25, -0.2) is 0 Å². The van der Waals surface area contributed by atoms with Crippen LogP contribution in [0.2, 0.25) is 6.82 Å². The predicted octanol–water partition coefficient (Wildman–Crippen LogP) is 1.07. The fourth-order valence-electron chi connectivity index (χ4n) is 1.07. The molecule has 1 nitrogen and oxygen atoms in total. The van der Waals surface area contributed by atoms with Gasteiger partial charge in [0, 0.05) is 0 Å². The van der Waals surface area contributed by atoms with Crippen molar-refractivity contribution in [1.29, 1.82) is 0 Å². The molecule has 0 saturated heterocycles. The van der Waals surface area contributed by atoms with Gasteiger partial charge < -0.3 is 5.02 Å². The average Bonchev–Trinajstić information content (AvgIpc) is 2.05. The van der Waals surface area contributed by atoms with Crippen molar-refractivity contribution in [2.45, 2.75) is 20.2 Å². The third-order valence-corrected chi connectivity index (χ3v) is 1.84. The largest absolute Gasteiger partial charge is 0.447 e. The first kappa shape index (κ1) is 8.34. The smallest absolute Gasteiger partial charge is 0.320 e. The van der Waals surface area contributed by atoms with E-state index in [1.165, 1.54) is 5.56 Å². The summed E-state index contributed by atoms with van der Waals surface area (Å²) in [5.41, 5.74) is 2.28. The van der Waals surface area contributed by atoms with Gasteiger partial charge >= 0.3 is 6.92 Å². The van der Waals surface area contributed by atoms with E-state index in [2.05, 4.69) is 13.0 Å². The summed E-state index contributed by atoms with van der Waals surface area (Å²) in [4.78, 5) is 0. The Balaban J connectivity index is 2.91. The van der Waals surface area contributed by atoms with Crippen LogP contribution in [-0.2, 0) is 6.42 Å². The molecule has 11 heavy (non-hydrogen) atoms. The van der Waals surface area contributed by atoms with E-state index in [-0.39, 0.29) is 6.92 Å². The monoisotopic (exact) mass is 148 g/mol. The Kier molecular flexibility index (Phi) is 2.72. The molecule has 0 amide bonds. The lowest BCUT2D eigenvalue weighted by Gasteiger charge is -2.02. The van der Waals surface area contributed by atoms with E-state index in [0.29, 0.717) is 0 Å². The molecule has 0 atom stereocenters. The lowest BCUT2D eigenvalue weighted by Crippen LogP contribution is -2.26. The van der Waals surface area contributed by atoms with Crippen molar-refractivity contribution >= 4 is 12.4 Å². The molecule has 0 saturated carbocycles. The van der Waals surface area contributed by atoms with E-state index in [0.717, 1.165) is 11.9 Å². The van der Waals surface area contributed by atoms with Crippen molar-refractivity contribution in [2.24, 2.45) is 0 Å². The normalized spacial score (nSPS) is 9.73. The van der Waals surface area contributed by atoms with Gasteiger partial charge in [0.15, 0.2) is 0 Å². The quantitative estimate of drug-likeness (QED) is 0.622. The van der Waals surface area contributed by atoms with Gasteiger partial charge in [0.25, 0.3) is 0 Å². The van der Waals surface area contributed by atoms with Gasteiger partial charge in [0.2, 0.25) is 0 Å². The van der Waals surface area contributed by atoms with Gasteiger partial charge in [-0.3, -0.25) is 0 Å². The van der Waals surface area contributed by atoms with Crippen molar-refractivity contribution in [1.82, 2.24) is 0 Å². The minimum absolute atomic E-state index is 0.346. The molecule has 0 bridgehead atoms. The fourth-order valence-corrected chi connectivity index (χ4v) is 1.07. The summed E-state index contributed by atoms with van der Waals surface area (Å²) in [5.74, 6) is 0. The highest BCUT2D eigenvalue weighted by atomic mass is 16.2. The number of rotatable bonds is 2. The SMILES string of the molecule is CCc1cccc(B(C)O)c1. The first-order chi connectivity index (χ1) is 5.24. The highest BCUT2D eigenvalue weighted by Crippen LogP contribution is 1.97. The van der Waals surface area contributed by atoms with Crippen LogP contribution in [0.25, 0.3) is 0 Å². The molecule has 0 spiro atoms. The molecule has 0 aliphatic heterocycles. The predicted molar refractivity (Wildman–Crippen MR) is 49.3 cm³/mol. The number of benzene rings is 1. The topological polar surface area (TPSA) is 20.2 Å². The minimum Gasteiger partial charge on any atom is -0.447 e. The van der Waals surface area contributed by atoms with Crippen molar-refractivity contribution in [3.63, 3.8) is 0 Å². The Hall–Kier alpha value is -0.755. The summed E-state index contributed by atoms with van der Waals surface area (Å²) in [7, 11) is 0. The van der Waals surface area contributed by atoms with Crippen LogP contribution >= 0.6 is 0 Å². The molecule has 0 aliphatic rings. The molecular formula is C9H13BO. The molecule has 1 rings (SSSR count). The van der Waals surface area contributed by atoms with E-state index in [1.54, 1.807) is 6.82 Å². The summed E-state index contributed by atoms with van der Waals surface area (Å²) in [6, 6.07) is 8.06. The molecule has 0 radical (unpaired) electrons. The molecule has 1 aromatic rings. The molecule has 1 aromatic carbocycles. The lowest BCUT2D eigenvalue weighted by atomic mass is 9.64. The van der Waals surface area contributed by atoms with Crippen LogP contribution in [0.5, 0.6) is 0 Å². The fraction of sp³-hybridized carbons (Fsp3) is 0.333. The highest BCUT2D eigenvalue weighted by molar-refractivity contribution is 6.64. The van der Waals surface area contributed by atoms with Gasteiger partial charge in [0.05, 0.1) is 0 Å². The van der Waals surface area contributed by atoms with E-state index in [1.807, 2.05) is 18.2 Å².